The number of carbonyl (C=O) groups is 3. The van der Waals surface area contributed by atoms with E-state index in [0.717, 1.165) is 109 Å². The van der Waals surface area contributed by atoms with E-state index in [9.17, 15) is 14.4 Å². The van der Waals surface area contributed by atoms with Gasteiger partial charge in [-0.3, -0.25) is 14.4 Å². The van der Waals surface area contributed by atoms with Gasteiger partial charge in [0.2, 0.25) is 0 Å². The maximum absolute atomic E-state index is 12.7. The molecule has 0 saturated carbocycles. The quantitative estimate of drug-likeness (QED) is 0.0270. The Hall–Kier alpha value is -3.41. The first kappa shape index (κ1) is 51.6. The smallest absolute Gasteiger partial charge is 0.306 e. The van der Waals surface area contributed by atoms with E-state index in [-0.39, 0.29) is 37.5 Å². The van der Waals surface area contributed by atoms with Crippen LogP contribution < -0.4 is 0 Å². The van der Waals surface area contributed by atoms with Crippen LogP contribution in [0.1, 0.15) is 188 Å². The summed E-state index contributed by atoms with van der Waals surface area (Å²) in [5.41, 5.74) is 0. The lowest BCUT2D eigenvalue weighted by atomic mass is 10.1. The highest BCUT2D eigenvalue weighted by atomic mass is 16.6. The molecule has 0 fully saturated rings. The van der Waals surface area contributed by atoms with Crippen LogP contribution in [0.4, 0.5) is 0 Å². The zero-order valence-corrected chi connectivity index (χ0v) is 35.4. The fourth-order valence-electron chi connectivity index (χ4n) is 5.57. The van der Waals surface area contributed by atoms with Crippen LogP contribution in [0.25, 0.3) is 0 Å². The van der Waals surface area contributed by atoms with Gasteiger partial charge in [-0.15, -0.1) is 0 Å². The lowest BCUT2D eigenvalue weighted by Crippen LogP contribution is -2.30. The molecule has 0 aromatic heterocycles. The largest absolute Gasteiger partial charge is 0.462 e. The predicted molar refractivity (Wildman–Crippen MR) is 233 cm³/mol. The van der Waals surface area contributed by atoms with Crippen molar-refractivity contribution in [2.75, 3.05) is 13.2 Å². The van der Waals surface area contributed by atoms with E-state index in [1.807, 2.05) is 0 Å². The maximum Gasteiger partial charge on any atom is 0.306 e. The van der Waals surface area contributed by atoms with Crippen molar-refractivity contribution < 1.29 is 28.6 Å². The molecule has 0 radical (unpaired) electrons. The lowest BCUT2D eigenvalue weighted by Gasteiger charge is -2.18. The molecule has 0 N–H and O–H groups in total. The monoisotopic (exact) mass is 765 g/mol. The molecule has 0 bridgehead atoms. The van der Waals surface area contributed by atoms with E-state index in [1.165, 1.54) is 32.1 Å². The number of hydrogen-bond acceptors (Lipinski definition) is 6. The van der Waals surface area contributed by atoms with Crippen molar-refractivity contribution in [3.05, 3.63) is 85.1 Å². The average molecular weight is 765 g/mol. The van der Waals surface area contributed by atoms with Gasteiger partial charge in [0.05, 0.1) is 0 Å². The molecule has 0 aliphatic heterocycles. The molecular weight excluding hydrogens is 685 g/mol. The second kappa shape index (κ2) is 43.3. The molecule has 55 heavy (non-hydrogen) atoms. The highest BCUT2D eigenvalue weighted by Crippen LogP contribution is 2.12. The molecule has 0 spiro atoms. The van der Waals surface area contributed by atoms with Crippen molar-refractivity contribution in [2.45, 2.75) is 194 Å². The van der Waals surface area contributed by atoms with Crippen molar-refractivity contribution in [2.24, 2.45) is 0 Å². The summed E-state index contributed by atoms with van der Waals surface area (Å²) in [5, 5.41) is 0. The third kappa shape index (κ3) is 41.6. The van der Waals surface area contributed by atoms with E-state index in [2.05, 4.69) is 106 Å². The normalized spacial score (nSPS) is 12.9. The first-order valence-electron chi connectivity index (χ1n) is 22.1. The molecule has 0 saturated heterocycles. The summed E-state index contributed by atoms with van der Waals surface area (Å²) < 4.78 is 16.6. The second-order valence-corrected chi connectivity index (χ2v) is 14.2. The van der Waals surface area contributed by atoms with Gasteiger partial charge in [0.25, 0.3) is 0 Å². The fourth-order valence-corrected chi connectivity index (χ4v) is 5.57. The number of ether oxygens (including phenoxy) is 3. The highest BCUT2D eigenvalue weighted by molar-refractivity contribution is 5.71. The molecule has 6 nitrogen and oxygen atoms in total. The minimum Gasteiger partial charge on any atom is -0.462 e. The molecule has 6 heteroatoms. The standard InChI is InChI=1S/C49H80O6/c1-4-7-10-13-16-18-20-22-23-24-25-27-28-30-33-36-39-42-48(51)54-45-46(44-53-47(50)41-38-35-32-15-12-9-6-3)55-49(52)43-40-37-34-31-29-26-21-19-17-14-11-8-5-2/h7,10-11,14,16,18-19,21-23,25,27,30,33,46H,4-6,8-9,12-13,15,17,20,24,26,28-29,31-32,34-45H2,1-3H3/b10-7-,14-11-,18-16-,21-19-,23-22-,27-25-,33-30-. The van der Waals surface area contributed by atoms with E-state index in [0.29, 0.717) is 19.3 Å². The van der Waals surface area contributed by atoms with Crippen LogP contribution in [0.5, 0.6) is 0 Å². The molecule has 1 atom stereocenters. The van der Waals surface area contributed by atoms with Crippen LogP contribution in [0.2, 0.25) is 0 Å². The first-order chi connectivity index (χ1) is 27.0. The summed E-state index contributed by atoms with van der Waals surface area (Å²) >= 11 is 0. The summed E-state index contributed by atoms with van der Waals surface area (Å²) in [4.78, 5) is 37.6. The summed E-state index contributed by atoms with van der Waals surface area (Å²) in [6.45, 7) is 6.32. The average Bonchev–Trinajstić information content (AvgIpc) is 3.18. The van der Waals surface area contributed by atoms with Gasteiger partial charge in [-0.2, -0.15) is 0 Å². The number of unbranched alkanes of at least 4 members (excludes halogenated alkanes) is 13. The minimum absolute atomic E-state index is 0.101. The van der Waals surface area contributed by atoms with Crippen LogP contribution in [0.15, 0.2) is 85.1 Å². The Balaban J connectivity index is 4.45. The van der Waals surface area contributed by atoms with E-state index >= 15 is 0 Å². The zero-order valence-electron chi connectivity index (χ0n) is 35.4. The van der Waals surface area contributed by atoms with Gasteiger partial charge in [0.1, 0.15) is 13.2 Å². The predicted octanol–water partition coefficient (Wildman–Crippen LogP) is 14.1. The third-order valence-corrected chi connectivity index (χ3v) is 8.86. The van der Waals surface area contributed by atoms with Crippen LogP contribution in [0.3, 0.4) is 0 Å². The third-order valence-electron chi connectivity index (χ3n) is 8.86. The van der Waals surface area contributed by atoms with Crippen LogP contribution >= 0.6 is 0 Å². The number of hydrogen-bond donors (Lipinski definition) is 0. The maximum atomic E-state index is 12.7. The van der Waals surface area contributed by atoms with Crippen molar-refractivity contribution in [3.8, 4) is 0 Å². The Morgan fingerprint density at radius 1 is 0.382 bits per heavy atom. The molecule has 0 heterocycles. The molecule has 0 aromatic rings. The van der Waals surface area contributed by atoms with E-state index < -0.39 is 6.10 Å². The Bertz CT molecular complexity index is 1110. The summed E-state index contributed by atoms with van der Waals surface area (Å²) in [5.74, 6) is -0.993. The number of rotatable bonds is 38. The van der Waals surface area contributed by atoms with Crippen molar-refractivity contribution in [3.63, 3.8) is 0 Å². The lowest BCUT2D eigenvalue weighted by molar-refractivity contribution is -0.167. The van der Waals surface area contributed by atoms with Crippen LogP contribution in [-0.2, 0) is 28.6 Å². The summed E-state index contributed by atoms with van der Waals surface area (Å²) in [7, 11) is 0. The topological polar surface area (TPSA) is 78.9 Å². The van der Waals surface area contributed by atoms with Crippen molar-refractivity contribution >= 4 is 17.9 Å². The zero-order chi connectivity index (χ0) is 40.1. The Morgan fingerprint density at radius 2 is 0.764 bits per heavy atom. The molecular formula is C49H80O6. The number of allylic oxidation sites excluding steroid dienone is 14. The Labute approximate surface area is 337 Å². The molecule has 0 amide bonds. The van der Waals surface area contributed by atoms with Gasteiger partial charge in [0, 0.05) is 19.3 Å². The van der Waals surface area contributed by atoms with Gasteiger partial charge in [0.15, 0.2) is 6.10 Å². The molecule has 1 unspecified atom stereocenters. The molecule has 0 rings (SSSR count). The van der Waals surface area contributed by atoms with Gasteiger partial charge in [-0.25, -0.2) is 0 Å². The molecule has 0 aromatic carbocycles. The Morgan fingerprint density at radius 3 is 1.25 bits per heavy atom. The minimum atomic E-state index is -0.802. The highest BCUT2D eigenvalue weighted by Gasteiger charge is 2.19. The molecule has 0 aliphatic carbocycles. The Kier molecular flexibility index (Phi) is 40.6. The number of esters is 3. The summed E-state index contributed by atoms with van der Waals surface area (Å²) in [6.07, 6.45) is 54.4. The van der Waals surface area contributed by atoms with Crippen LogP contribution in [0, 0.1) is 0 Å². The second-order valence-electron chi connectivity index (χ2n) is 14.2. The number of carbonyl (C=O) groups excluding carboxylic acids is 3. The van der Waals surface area contributed by atoms with Crippen LogP contribution in [-0.4, -0.2) is 37.2 Å². The van der Waals surface area contributed by atoms with Gasteiger partial charge >= 0.3 is 17.9 Å². The van der Waals surface area contributed by atoms with E-state index in [4.69, 9.17) is 14.2 Å². The molecule has 0 aliphatic rings. The van der Waals surface area contributed by atoms with Gasteiger partial charge < -0.3 is 14.2 Å². The van der Waals surface area contributed by atoms with Gasteiger partial charge in [-0.1, -0.05) is 170 Å². The molecule has 312 valence electrons. The summed E-state index contributed by atoms with van der Waals surface area (Å²) in [6, 6.07) is 0. The van der Waals surface area contributed by atoms with Crippen molar-refractivity contribution in [1.82, 2.24) is 0 Å². The first-order valence-corrected chi connectivity index (χ1v) is 22.1. The van der Waals surface area contributed by atoms with Crippen molar-refractivity contribution in [1.29, 1.82) is 0 Å². The van der Waals surface area contributed by atoms with Gasteiger partial charge in [-0.05, 0) is 83.5 Å². The fraction of sp³-hybridized carbons (Fsp3) is 0.653. The van der Waals surface area contributed by atoms with E-state index in [1.54, 1.807) is 0 Å². The SMILES string of the molecule is CC/C=C\C/C=C\C/C=C\C/C=C\C/C=C\CCCC(=O)OCC(COC(=O)CCCCCCCCC)OC(=O)CCCCCCC/C=C\C/C=C\CCC.